The molecule has 0 amide bonds. The van der Waals surface area contributed by atoms with E-state index in [0.717, 1.165) is 36.2 Å². The molecule has 2 rings (SSSR count). The number of aryl methyl sites for hydroxylation is 3. The fourth-order valence-electron chi connectivity index (χ4n) is 2.13. The molecule has 0 aliphatic heterocycles. The van der Waals surface area contributed by atoms with Gasteiger partial charge in [-0.2, -0.15) is 0 Å². The summed E-state index contributed by atoms with van der Waals surface area (Å²) in [4.78, 5) is 8.86. The van der Waals surface area contributed by atoms with Crippen molar-refractivity contribution in [1.29, 1.82) is 0 Å². The van der Waals surface area contributed by atoms with Crippen LogP contribution in [0.3, 0.4) is 0 Å². The maximum absolute atomic E-state index is 4.43. The van der Waals surface area contributed by atoms with Crippen molar-refractivity contribution in [3.05, 3.63) is 22.8 Å². The predicted octanol–water partition coefficient (Wildman–Crippen LogP) is 2.09. The van der Waals surface area contributed by atoms with Crippen LogP contribution in [0, 0.1) is 20.8 Å². The van der Waals surface area contributed by atoms with Gasteiger partial charge in [-0.25, -0.2) is 9.97 Å². The number of rotatable bonds is 5. The highest BCUT2D eigenvalue weighted by Crippen LogP contribution is 2.18. The lowest BCUT2D eigenvalue weighted by molar-refractivity contribution is 0.641. The Balaban J connectivity index is 1.87. The van der Waals surface area contributed by atoms with E-state index in [2.05, 4.69) is 29.1 Å². The zero-order chi connectivity index (χ0) is 11.5. The van der Waals surface area contributed by atoms with Crippen LogP contribution in [0.4, 0.5) is 0 Å². The Morgan fingerprint density at radius 1 is 1.12 bits per heavy atom. The van der Waals surface area contributed by atoms with Crippen LogP contribution in [0.2, 0.25) is 0 Å². The highest BCUT2D eigenvalue weighted by atomic mass is 14.9. The Kier molecular flexibility index (Phi) is 3.54. The maximum atomic E-state index is 4.43. The summed E-state index contributed by atoms with van der Waals surface area (Å²) in [6.07, 6.45) is 5.01. The van der Waals surface area contributed by atoms with E-state index in [9.17, 15) is 0 Å². The molecule has 0 atom stereocenters. The quantitative estimate of drug-likeness (QED) is 0.771. The topological polar surface area (TPSA) is 37.8 Å². The summed E-state index contributed by atoms with van der Waals surface area (Å²) in [5.74, 6) is 0.884. The van der Waals surface area contributed by atoms with Crippen molar-refractivity contribution in [2.75, 3.05) is 6.54 Å². The van der Waals surface area contributed by atoms with Crippen molar-refractivity contribution < 1.29 is 0 Å². The lowest BCUT2D eigenvalue weighted by Crippen LogP contribution is -2.18. The molecule has 88 valence electrons. The summed E-state index contributed by atoms with van der Waals surface area (Å²) >= 11 is 0. The summed E-state index contributed by atoms with van der Waals surface area (Å²) in [6, 6.07) is 0.816. The Hall–Kier alpha value is -0.960. The Morgan fingerprint density at radius 2 is 1.75 bits per heavy atom. The highest BCUT2D eigenvalue weighted by Gasteiger charge is 2.19. The van der Waals surface area contributed by atoms with Crippen LogP contribution in [0.1, 0.15) is 42.0 Å². The van der Waals surface area contributed by atoms with Crippen LogP contribution in [0.15, 0.2) is 0 Å². The van der Waals surface area contributed by atoms with Crippen LogP contribution in [0.5, 0.6) is 0 Å². The second kappa shape index (κ2) is 4.91. The molecule has 3 heteroatoms. The van der Waals surface area contributed by atoms with Gasteiger partial charge in [-0.1, -0.05) is 0 Å². The van der Waals surface area contributed by atoms with Crippen LogP contribution in [0.25, 0.3) is 0 Å². The normalized spacial score (nSPS) is 15.4. The van der Waals surface area contributed by atoms with Gasteiger partial charge in [0.15, 0.2) is 0 Å². The van der Waals surface area contributed by atoms with Gasteiger partial charge in [-0.3, -0.25) is 0 Å². The molecule has 1 aromatic rings. The van der Waals surface area contributed by atoms with Gasteiger partial charge in [-0.05, 0) is 58.6 Å². The zero-order valence-electron chi connectivity index (χ0n) is 10.5. The first-order chi connectivity index (χ1) is 7.66. The highest BCUT2D eigenvalue weighted by molar-refractivity contribution is 5.24. The van der Waals surface area contributed by atoms with Crippen molar-refractivity contribution in [3.8, 4) is 0 Å². The standard InChI is InChI=1S/C13H21N3/c1-9-13(10(2)16-11(3)15-9)5-4-8-14-12-6-7-12/h12,14H,4-8H2,1-3H3. The number of hydrogen-bond acceptors (Lipinski definition) is 3. The SMILES string of the molecule is Cc1nc(C)c(CCCNC2CC2)c(C)n1. The monoisotopic (exact) mass is 219 g/mol. The molecule has 0 radical (unpaired) electrons. The molecule has 0 spiro atoms. The molecule has 16 heavy (non-hydrogen) atoms. The van der Waals surface area contributed by atoms with Gasteiger partial charge >= 0.3 is 0 Å². The molecule has 1 N–H and O–H groups in total. The number of hydrogen-bond donors (Lipinski definition) is 1. The number of nitrogens with zero attached hydrogens (tertiary/aromatic N) is 2. The average Bonchev–Trinajstić information content (AvgIpc) is 2.98. The van der Waals surface area contributed by atoms with Gasteiger partial charge in [0.1, 0.15) is 5.82 Å². The first kappa shape index (κ1) is 11.5. The zero-order valence-corrected chi connectivity index (χ0v) is 10.5. The largest absolute Gasteiger partial charge is 0.314 e. The molecule has 1 heterocycles. The lowest BCUT2D eigenvalue weighted by Gasteiger charge is -2.09. The van der Waals surface area contributed by atoms with E-state index in [1.54, 1.807) is 0 Å². The summed E-state index contributed by atoms with van der Waals surface area (Å²) in [5.41, 5.74) is 3.64. The molecule has 3 nitrogen and oxygen atoms in total. The minimum atomic E-state index is 0.816. The smallest absolute Gasteiger partial charge is 0.125 e. The summed E-state index contributed by atoms with van der Waals surface area (Å²) < 4.78 is 0. The molecule has 0 bridgehead atoms. The van der Waals surface area contributed by atoms with E-state index < -0.39 is 0 Å². The molecule has 0 aromatic carbocycles. The molecular formula is C13H21N3. The summed E-state index contributed by atoms with van der Waals surface area (Å²) in [6.45, 7) is 7.26. The van der Waals surface area contributed by atoms with Crippen LogP contribution >= 0.6 is 0 Å². The van der Waals surface area contributed by atoms with Gasteiger partial charge in [0, 0.05) is 17.4 Å². The van der Waals surface area contributed by atoms with E-state index in [1.807, 2.05) is 6.92 Å². The molecule has 1 saturated carbocycles. The first-order valence-corrected chi connectivity index (χ1v) is 6.21. The Labute approximate surface area is 97.7 Å². The Bertz CT molecular complexity index is 346. The molecule has 1 fully saturated rings. The van der Waals surface area contributed by atoms with Gasteiger partial charge in [0.2, 0.25) is 0 Å². The molecule has 1 aliphatic carbocycles. The van der Waals surface area contributed by atoms with Crippen molar-refractivity contribution in [2.24, 2.45) is 0 Å². The van der Waals surface area contributed by atoms with Gasteiger partial charge in [-0.15, -0.1) is 0 Å². The van der Waals surface area contributed by atoms with Crippen LogP contribution in [-0.2, 0) is 6.42 Å². The lowest BCUT2D eigenvalue weighted by atomic mass is 10.1. The third-order valence-electron chi connectivity index (χ3n) is 3.15. The van der Waals surface area contributed by atoms with Gasteiger partial charge in [0.05, 0.1) is 0 Å². The number of aromatic nitrogens is 2. The summed E-state index contributed by atoms with van der Waals surface area (Å²) in [5, 5.41) is 3.54. The minimum absolute atomic E-state index is 0.816. The number of nitrogens with one attached hydrogen (secondary N) is 1. The third kappa shape index (κ3) is 3.01. The second-order valence-corrected chi connectivity index (χ2v) is 4.75. The van der Waals surface area contributed by atoms with E-state index >= 15 is 0 Å². The van der Waals surface area contributed by atoms with Gasteiger partial charge in [0.25, 0.3) is 0 Å². The van der Waals surface area contributed by atoms with Crippen molar-refractivity contribution in [3.63, 3.8) is 0 Å². The maximum Gasteiger partial charge on any atom is 0.125 e. The Morgan fingerprint density at radius 3 is 2.31 bits per heavy atom. The predicted molar refractivity (Wildman–Crippen MR) is 65.6 cm³/mol. The van der Waals surface area contributed by atoms with Gasteiger partial charge < -0.3 is 5.32 Å². The van der Waals surface area contributed by atoms with Crippen LogP contribution in [-0.4, -0.2) is 22.6 Å². The second-order valence-electron chi connectivity index (χ2n) is 4.75. The van der Waals surface area contributed by atoms with Crippen molar-refractivity contribution in [1.82, 2.24) is 15.3 Å². The van der Waals surface area contributed by atoms with E-state index in [4.69, 9.17) is 0 Å². The van der Waals surface area contributed by atoms with Crippen molar-refractivity contribution in [2.45, 2.75) is 52.5 Å². The van der Waals surface area contributed by atoms with E-state index in [-0.39, 0.29) is 0 Å². The molecule has 0 saturated heterocycles. The molecule has 1 aromatic heterocycles. The third-order valence-corrected chi connectivity index (χ3v) is 3.15. The fourth-order valence-corrected chi connectivity index (χ4v) is 2.13. The van der Waals surface area contributed by atoms with E-state index in [1.165, 1.54) is 24.8 Å². The summed E-state index contributed by atoms with van der Waals surface area (Å²) in [7, 11) is 0. The fraction of sp³-hybridized carbons (Fsp3) is 0.692. The van der Waals surface area contributed by atoms with Crippen molar-refractivity contribution >= 4 is 0 Å². The first-order valence-electron chi connectivity index (χ1n) is 6.21. The molecule has 1 aliphatic rings. The van der Waals surface area contributed by atoms with E-state index in [0.29, 0.717) is 0 Å². The average molecular weight is 219 g/mol. The minimum Gasteiger partial charge on any atom is -0.314 e. The van der Waals surface area contributed by atoms with Crippen LogP contribution < -0.4 is 5.32 Å². The molecule has 0 unspecified atom stereocenters. The molecular weight excluding hydrogens is 198 g/mol.